The molecule has 0 bridgehead atoms. The highest BCUT2D eigenvalue weighted by Crippen LogP contribution is 2.18. The molecule has 122 valence electrons. The van der Waals surface area contributed by atoms with Crippen LogP contribution in [0.15, 0.2) is 24.5 Å². The average molecular weight is 304 g/mol. The van der Waals surface area contributed by atoms with E-state index in [2.05, 4.69) is 39.3 Å². The molecule has 0 spiro atoms. The molecule has 2 saturated heterocycles. The third-order valence-electron chi connectivity index (χ3n) is 5.04. The average Bonchev–Trinajstić information content (AvgIpc) is 2.94. The van der Waals surface area contributed by atoms with Gasteiger partial charge in [-0.05, 0) is 57.1 Å². The maximum Gasteiger partial charge on any atom is 0.0680 e. The molecular weight excluding hydrogens is 276 g/mol. The van der Waals surface area contributed by atoms with Crippen molar-refractivity contribution in [2.45, 2.75) is 44.0 Å². The molecule has 2 N–H and O–H groups in total. The molecule has 5 nitrogen and oxygen atoms in total. The zero-order chi connectivity index (χ0) is 15.4. The second-order valence-electron chi connectivity index (χ2n) is 6.80. The molecule has 3 rings (SSSR count). The summed E-state index contributed by atoms with van der Waals surface area (Å²) in [6, 6.07) is 5.34. The quantitative estimate of drug-likeness (QED) is 0.839. The van der Waals surface area contributed by atoms with Crippen LogP contribution in [0.3, 0.4) is 0 Å². The van der Waals surface area contributed by atoms with E-state index >= 15 is 0 Å². The third kappa shape index (κ3) is 4.26. The first-order valence-corrected chi connectivity index (χ1v) is 8.43. The van der Waals surface area contributed by atoms with E-state index in [4.69, 9.17) is 0 Å². The molecule has 2 aliphatic rings. The topological polar surface area (TPSA) is 51.6 Å². The van der Waals surface area contributed by atoms with Crippen LogP contribution in [-0.2, 0) is 6.54 Å². The van der Waals surface area contributed by atoms with Crippen molar-refractivity contribution in [3.8, 4) is 0 Å². The Kier molecular flexibility index (Phi) is 5.41. The van der Waals surface area contributed by atoms with Crippen LogP contribution < -0.4 is 5.32 Å². The number of likely N-dealkylation sites (tertiary alicyclic amines) is 1. The number of hydrogen-bond donors (Lipinski definition) is 2. The molecule has 0 aromatic carbocycles. The van der Waals surface area contributed by atoms with E-state index in [9.17, 15) is 5.11 Å². The summed E-state index contributed by atoms with van der Waals surface area (Å²) in [7, 11) is 2.23. The largest absolute Gasteiger partial charge is 0.392 e. The van der Waals surface area contributed by atoms with Crippen LogP contribution in [0.25, 0.3) is 0 Å². The fraction of sp³-hybridized carbons (Fsp3) is 0.706. The summed E-state index contributed by atoms with van der Waals surface area (Å²) in [6.45, 7) is 5.17. The summed E-state index contributed by atoms with van der Waals surface area (Å²) < 4.78 is 0. The molecule has 0 aliphatic carbocycles. The van der Waals surface area contributed by atoms with Gasteiger partial charge in [0.05, 0.1) is 6.10 Å². The minimum absolute atomic E-state index is 0.152. The minimum Gasteiger partial charge on any atom is -0.392 e. The van der Waals surface area contributed by atoms with Crippen LogP contribution >= 0.6 is 0 Å². The zero-order valence-electron chi connectivity index (χ0n) is 13.5. The van der Waals surface area contributed by atoms with Crippen molar-refractivity contribution >= 4 is 0 Å². The van der Waals surface area contributed by atoms with Crippen molar-refractivity contribution in [1.29, 1.82) is 0 Å². The summed E-state index contributed by atoms with van der Waals surface area (Å²) in [5, 5.41) is 13.0. The summed E-state index contributed by atoms with van der Waals surface area (Å²) in [6.07, 6.45) is 6.96. The van der Waals surface area contributed by atoms with Crippen molar-refractivity contribution in [3.63, 3.8) is 0 Å². The predicted molar refractivity (Wildman–Crippen MR) is 87.6 cm³/mol. The molecule has 5 heteroatoms. The molecule has 1 aromatic rings. The van der Waals surface area contributed by atoms with Crippen LogP contribution in [0.2, 0.25) is 0 Å². The van der Waals surface area contributed by atoms with Crippen LogP contribution in [0.4, 0.5) is 0 Å². The number of nitrogens with one attached hydrogen (secondary N) is 1. The van der Waals surface area contributed by atoms with Crippen molar-refractivity contribution < 1.29 is 5.11 Å². The Bertz CT molecular complexity index is 447. The first-order chi connectivity index (χ1) is 10.7. The second-order valence-corrected chi connectivity index (χ2v) is 6.80. The monoisotopic (exact) mass is 304 g/mol. The molecule has 2 aliphatic heterocycles. The summed E-state index contributed by atoms with van der Waals surface area (Å²) in [4.78, 5) is 9.10. The lowest BCUT2D eigenvalue weighted by atomic mass is 10.0. The molecule has 3 heterocycles. The Hall–Kier alpha value is -1.01. The number of aliphatic hydroxyl groups is 1. The Morgan fingerprint density at radius 3 is 2.68 bits per heavy atom. The van der Waals surface area contributed by atoms with E-state index in [0.29, 0.717) is 12.1 Å². The van der Waals surface area contributed by atoms with Gasteiger partial charge in [-0.1, -0.05) is 0 Å². The van der Waals surface area contributed by atoms with Gasteiger partial charge in [0.2, 0.25) is 0 Å². The van der Waals surface area contributed by atoms with Gasteiger partial charge in [0, 0.05) is 44.1 Å². The maximum atomic E-state index is 9.61. The molecule has 2 atom stereocenters. The van der Waals surface area contributed by atoms with E-state index in [1.54, 1.807) is 0 Å². The van der Waals surface area contributed by atoms with Crippen LogP contribution in [0.5, 0.6) is 0 Å². The standard InChI is InChI=1S/C17H28N4O/c1-20(13-15-10-17(22)11-19-15)16-4-8-21(9-5-16)12-14-2-6-18-7-3-14/h2-3,6-7,15-17,19,22H,4-5,8-13H2,1H3/t15-,17+/m0/s1. The molecule has 0 radical (unpaired) electrons. The Balaban J connectivity index is 1.41. The Morgan fingerprint density at radius 1 is 1.32 bits per heavy atom. The van der Waals surface area contributed by atoms with Gasteiger partial charge in [-0.15, -0.1) is 0 Å². The number of aliphatic hydroxyl groups excluding tert-OH is 1. The molecular formula is C17H28N4O. The van der Waals surface area contributed by atoms with Gasteiger partial charge in [-0.2, -0.15) is 0 Å². The predicted octanol–water partition coefficient (Wildman–Crippen LogP) is 0.701. The van der Waals surface area contributed by atoms with Crippen molar-refractivity contribution in [1.82, 2.24) is 20.1 Å². The summed E-state index contributed by atoms with van der Waals surface area (Å²) >= 11 is 0. The fourth-order valence-electron chi connectivity index (χ4n) is 3.70. The number of pyridine rings is 1. The number of likely N-dealkylation sites (N-methyl/N-ethyl adjacent to an activating group) is 1. The van der Waals surface area contributed by atoms with Gasteiger partial charge in [0.15, 0.2) is 0 Å². The molecule has 0 unspecified atom stereocenters. The van der Waals surface area contributed by atoms with E-state index in [-0.39, 0.29) is 6.10 Å². The fourth-order valence-corrected chi connectivity index (χ4v) is 3.70. The summed E-state index contributed by atoms with van der Waals surface area (Å²) in [5.41, 5.74) is 1.35. The van der Waals surface area contributed by atoms with Crippen molar-refractivity contribution in [2.75, 3.05) is 33.2 Å². The van der Waals surface area contributed by atoms with Gasteiger partial charge in [0.1, 0.15) is 0 Å². The van der Waals surface area contributed by atoms with Gasteiger partial charge >= 0.3 is 0 Å². The SMILES string of the molecule is CN(C[C@@H]1C[C@@H](O)CN1)C1CCN(Cc2ccncc2)CC1. The van der Waals surface area contributed by atoms with Crippen molar-refractivity contribution in [3.05, 3.63) is 30.1 Å². The third-order valence-corrected chi connectivity index (χ3v) is 5.04. The number of rotatable bonds is 5. The van der Waals surface area contributed by atoms with Gasteiger partial charge in [0.25, 0.3) is 0 Å². The van der Waals surface area contributed by atoms with Crippen LogP contribution in [0.1, 0.15) is 24.8 Å². The van der Waals surface area contributed by atoms with Gasteiger partial charge in [-0.3, -0.25) is 9.88 Å². The van der Waals surface area contributed by atoms with Crippen LogP contribution in [0, 0.1) is 0 Å². The van der Waals surface area contributed by atoms with E-state index < -0.39 is 0 Å². The highest BCUT2D eigenvalue weighted by Gasteiger charge is 2.27. The molecule has 0 saturated carbocycles. The number of piperidine rings is 1. The molecule has 0 amide bonds. The number of aromatic nitrogens is 1. The molecule has 2 fully saturated rings. The highest BCUT2D eigenvalue weighted by atomic mass is 16.3. The van der Waals surface area contributed by atoms with E-state index in [1.807, 2.05) is 12.4 Å². The van der Waals surface area contributed by atoms with Crippen LogP contribution in [-0.4, -0.2) is 71.3 Å². The minimum atomic E-state index is -0.152. The maximum absolute atomic E-state index is 9.61. The first kappa shape index (κ1) is 15.9. The Labute approximate surface area is 133 Å². The molecule has 1 aromatic heterocycles. The normalized spacial score (nSPS) is 27.6. The highest BCUT2D eigenvalue weighted by molar-refractivity contribution is 5.09. The second kappa shape index (κ2) is 7.51. The smallest absolute Gasteiger partial charge is 0.0680 e. The lowest BCUT2D eigenvalue weighted by Crippen LogP contribution is -2.46. The van der Waals surface area contributed by atoms with Gasteiger partial charge in [-0.25, -0.2) is 0 Å². The van der Waals surface area contributed by atoms with E-state index in [0.717, 1.165) is 39.1 Å². The number of nitrogens with zero attached hydrogens (tertiary/aromatic N) is 3. The number of hydrogen-bond acceptors (Lipinski definition) is 5. The molecule has 22 heavy (non-hydrogen) atoms. The summed E-state index contributed by atoms with van der Waals surface area (Å²) in [5.74, 6) is 0. The lowest BCUT2D eigenvalue weighted by Gasteiger charge is -2.37. The van der Waals surface area contributed by atoms with E-state index in [1.165, 1.54) is 18.4 Å². The zero-order valence-corrected chi connectivity index (χ0v) is 13.5. The van der Waals surface area contributed by atoms with Crippen molar-refractivity contribution in [2.24, 2.45) is 0 Å². The van der Waals surface area contributed by atoms with Gasteiger partial charge < -0.3 is 15.3 Å². The Morgan fingerprint density at radius 2 is 2.05 bits per heavy atom. The number of β-amino-alcohol motifs (C(OH)–C–C–N with tert-alkyl or cyclic N) is 1. The first-order valence-electron chi connectivity index (χ1n) is 8.43. The lowest BCUT2D eigenvalue weighted by molar-refractivity contribution is 0.115.